The van der Waals surface area contributed by atoms with Gasteiger partial charge in [0.25, 0.3) is 0 Å². The Labute approximate surface area is 136 Å². The van der Waals surface area contributed by atoms with E-state index < -0.39 is 0 Å². The summed E-state index contributed by atoms with van der Waals surface area (Å²) >= 11 is 8.54. The van der Waals surface area contributed by atoms with Crippen LogP contribution >= 0.6 is 34.2 Å². The van der Waals surface area contributed by atoms with E-state index in [0.717, 1.165) is 33.7 Å². The third kappa shape index (κ3) is 2.74. The summed E-state index contributed by atoms with van der Waals surface area (Å²) in [5, 5.41) is 5.19. The predicted octanol–water partition coefficient (Wildman–Crippen LogP) is 5.10. The molecular formula is C16H12ClIN2. The molecular weight excluding hydrogens is 383 g/mol. The van der Waals surface area contributed by atoms with Crippen molar-refractivity contribution in [3.63, 3.8) is 0 Å². The molecule has 0 bridgehead atoms. The van der Waals surface area contributed by atoms with Crippen molar-refractivity contribution in [2.75, 3.05) is 5.32 Å². The Morgan fingerprint density at radius 3 is 2.75 bits per heavy atom. The molecule has 0 saturated carbocycles. The Morgan fingerprint density at radius 1 is 1.05 bits per heavy atom. The second kappa shape index (κ2) is 5.97. The molecule has 2 aromatic carbocycles. The van der Waals surface area contributed by atoms with Crippen molar-refractivity contribution in [2.45, 2.75) is 6.54 Å². The zero-order valence-corrected chi connectivity index (χ0v) is 13.5. The van der Waals surface area contributed by atoms with Crippen molar-refractivity contribution in [2.24, 2.45) is 0 Å². The van der Waals surface area contributed by atoms with Crippen LogP contribution in [0.25, 0.3) is 10.9 Å². The monoisotopic (exact) mass is 394 g/mol. The summed E-state index contributed by atoms with van der Waals surface area (Å²) in [7, 11) is 0. The fourth-order valence-electron chi connectivity index (χ4n) is 2.13. The van der Waals surface area contributed by atoms with Gasteiger partial charge in [-0.3, -0.25) is 4.98 Å². The number of aromatic nitrogens is 1. The Bertz CT molecular complexity index is 758. The number of pyridine rings is 1. The third-order valence-electron chi connectivity index (χ3n) is 3.14. The minimum absolute atomic E-state index is 0.727. The first kappa shape index (κ1) is 13.6. The topological polar surface area (TPSA) is 24.9 Å². The lowest BCUT2D eigenvalue weighted by molar-refractivity contribution is 1.15. The molecule has 0 fully saturated rings. The number of hydrogen-bond acceptors (Lipinski definition) is 2. The molecule has 0 aliphatic heterocycles. The lowest BCUT2D eigenvalue weighted by atomic mass is 10.1. The number of anilines is 1. The second-order valence-electron chi connectivity index (χ2n) is 4.44. The van der Waals surface area contributed by atoms with Crippen LogP contribution in [0.5, 0.6) is 0 Å². The van der Waals surface area contributed by atoms with Crippen LogP contribution in [0.1, 0.15) is 5.56 Å². The van der Waals surface area contributed by atoms with E-state index in [-0.39, 0.29) is 0 Å². The fraction of sp³-hybridized carbons (Fsp3) is 0.0625. The maximum Gasteiger partial charge on any atom is 0.0766 e. The summed E-state index contributed by atoms with van der Waals surface area (Å²) in [5.41, 5.74) is 3.23. The molecule has 1 heterocycles. The van der Waals surface area contributed by atoms with E-state index in [9.17, 15) is 0 Å². The van der Waals surface area contributed by atoms with Gasteiger partial charge in [-0.05, 0) is 58.5 Å². The quantitative estimate of drug-likeness (QED) is 0.625. The summed E-state index contributed by atoms with van der Waals surface area (Å²) < 4.78 is 1.20. The summed E-state index contributed by atoms with van der Waals surface area (Å²) in [6.45, 7) is 0.727. The van der Waals surface area contributed by atoms with Gasteiger partial charge in [-0.15, -0.1) is 0 Å². The van der Waals surface area contributed by atoms with E-state index in [1.54, 1.807) is 6.20 Å². The predicted molar refractivity (Wildman–Crippen MR) is 93.2 cm³/mol. The van der Waals surface area contributed by atoms with Crippen molar-refractivity contribution < 1.29 is 0 Å². The van der Waals surface area contributed by atoms with E-state index in [1.807, 2.05) is 36.4 Å². The van der Waals surface area contributed by atoms with E-state index in [2.05, 4.69) is 45.0 Å². The molecule has 0 aliphatic carbocycles. The number of nitrogens with zero attached hydrogens (tertiary/aromatic N) is 1. The van der Waals surface area contributed by atoms with Crippen molar-refractivity contribution in [3.8, 4) is 0 Å². The maximum atomic E-state index is 6.21. The van der Waals surface area contributed by atoms with Crippen molar-refractivity contribution in [3.05, 3.63) is 68.9 Å². The first-order chi connectivity index (χ1) is 9.75. The maximum absolute atomic E-state index is 6.21. The Hall–Kier alpha value is -1.33. The van der Waals surface area contributed by atoms with Crippen LogP contribution < -0.4 is 5.32 Å². The molecule has 0 radical (unpaired) electrons. The zero-order chi connectivity index (χ0) is 13.9. The molecule has 100 valence electrons. The van der Waals surface area contributed by atoms with Crippen LogP contribution in [0.4, 0.5) is 5.69 Å². The van der Waals surface area contributed by atoms with Gasteiger partial charge in [0.05, 0.1) is 5.52 Å². The van der Waals surface area contributed by atoms with E-state index in [0.29, 0.717) is 0 Å². The summed E-state index contributed by atoms with van der Waals surface area (Å²) in [4.78, 5) is 4.45. The van der Waals surface area contributed by atoms with Crippen LogP contribution in [0, 0.1) is 3.57 Å². The van der Waals surface area contributed by atoms with Gasteiger partial charge >= 0.3 is 0 Å². The SMILES string of the molecule is Clc1ccc(CNc2ccccc2I)c2ncccc12. The van der Waals surface area contributed by atoms with Crippen molar-refractivity contribution in [1.29, 1.82) is 0 Å². The van der Waals surface area contributed by atoms with Crippen LogP contribution in [0.2, 0.25) is 5.02 Å². The summed E-state index contributed by atoms with van der Waals surface area (Å²) in [6, 6.07) is 16.1. The highest BCUT2D eigenvalue weighted by Crippen LogP contribution is 2.26. The molecule has 3 rings (SSSR count). The summed E-state index contributed by atoms with van der Waals surface area (Å²) in [6.07, 6.45) is 1.80. The molecule has 4 heteroatoms. The van der Waals surface area contributed by atoms with Crippen LogP contribution in [-0.4, -0.2) is 4.98 Å². The van der Waals surface area contributed by atoms with Gasteiger partial charge in [-0.1, -0.05) is 29.8 Å². The normalized spacial score (nSPS) is 10.7. The molecule has 0 amide bonds. The van der Waals surface area contributed by atoms with Crippen LogP contribution in [-0.2, 0) is 6.54 Å². The molecule has 1 aromatic heterocycles. The molecule has 0 saturated heterocycles. The van der Waals surface area contributed by atoms with Gasteiger partial charge in [0.15, 0.2) is 0 Å². The molecule has 0 atom stereocenters. The summed E-state index contributed by atoms with van der Waals surface area (Å²) in [5.74, 6) is 0. The highest BCUT2D eigenvalue weighted by molar-refractivity contribution is 14.1. The largest absolute Gasteiger partial charge is 0.380 e. The number of halogens is 2. The second-order valence-corrected chi connectivity index (χ2v) is 6.01. The molecule has 2 nitrogen and oxygen atoms in total. The van der Waals surface area contributed by atoms with Crippen LogP contribution in [0.15, 0.2) is 54.7 Å². The minimum atomic E-state index is 0.727. The third-order valence-corrected chi connectivity index (χ3v) is 4.41. The van der Waals surface area contributed by atoms with Crippen molar-refractivity contribution >= 4 is 50.8 Å². The van der Waals surface area contributed by atoms with E-state index in [4.69, 9.17) is 11.6 Å². The smallest absolute Gasteiger partial charge is 0.0766 e. The number of fused-ring (bicyclic) bond motifs is 1. The molecule has 3 aromatic rings. The highest BCUT2D eigenvalue weighted by atomic mass is 127. The van der Waals surface area contributed by atoms with Gasteiger partial charge in [0.2, 0.25) is 0 Å². The van der Waals surface area contributed by atoms with Crippen LogP contribution in [0.3, 0.4) is 0 Å². The number of benzene rings is 2. The molecule has 20 heavy (non-hydrogen) atoms. The van der Waals surface area contributed by atoms with Crippen molar-refractivity contribution in [1.82, 2.24) is 4.98 Å². The van der Waals surface area contributed by atoms with Gasteiger partial charge in [-0.2, -0.15) is 0 Å². The first-order valence-electron chi connectivity index (χ1n) is 6.26. The molecule has 0 spiro atoms. The Balaban J connectivity index is 1.92. The molecule has 0 unspecified atom stereocenters. The lowest BCUT2D eigenvalue weighted by Crippen LogP contribution is -2.02. The highest BCUT2D eigenvalue weighted by Gasteiger charge is 2.06. The fourth-order valence-corrected chi connectivity index (χ4v) is 2.93. The van der Waals surface area contributed by atoms with E-state index in [1.165, 1.54) is 3.57 Å². The average molecular weight is 395 g/mol. The molecule has 0 aliphatic rings. The Morgan fingerprint density at radius 2 is 1.90 bits per heavy atom. The molecule has 1 N–H and O–H groups in total. The van der Waals surface area contributed by atoms with E-state index >= 15 is 0 Å². The first-order valence-corrected chi connectivity index (χ1v) is 7.72. The van der Waals surface area contributed by atoms with Gasteiger partial charge in [-0.25, -0.2) is 0 Å². The van der Waals surface area contributed by atoms with Gasteiger partial charge in [0.1, 0.15) is 0 Å². The standard InChI is InChI=1S/C16H12ClIN2/c17-13-8-7-11(16-12(13)4-3-9-19-16)10-20-15-6-2-1-5-14(15)18/h1-9,20H,10H2. The number of rotatable bonds is 3. The number of hydrogen-bond donors (Lipinski definition) is 1. The Kier molecular flexibility index (Phi) is 4.08. The lowest BCUT2D eigenvalue weighted by Gasteiger charge is -2.11. The zero-order valence-electron chi connectivity index (χ0n) is 10.6. The van der Waals surface area contributed by atoms with Gasteiger partial charge in [0, 0.05) is 32.4 Å². The van der Waals surface area contributed by atoms with Gasteiger partial charge < -0.3 is 5.32 Å². The average Bonchev–Trinajstić information content (AvgIpc) is 2.48. The number of nitrogens with one attached hydrogen (secondary N) is 1. The minimum Gasteiger partial charge on any atom is -0.380 e. The number of para-hydroxylation sites is 1.